The molecule has 12 aromatic carbocycles. The number of ether oxygens (including phenoxy) is 2. The van der Waals surface area contributed by atoms with Crippen LogP contribution in [-0.2, 0) is 20.3 Å². The molecule has 0 spiro atoms. The van der Waals surface area contributed by atoms with Crippen LogP contribution < -0.4 is 9.80 Å². The molecule has 2 heterocycles. The van der Waals surface area contributed by atoms with E-state index in [4.69, 9.17) is 9.47 Å². The summed E-state index contributed by atoms with van der Waals surface area (Å²) in [5.41, 5.74) is 25.8. The van der Waals surface area contributed by atoms with E-state index in [9.17, 15) is 0 Å². The summed E-state index contributed by atoms with van der Waals surface area (Å²) in [4.78, 5) is 7.42. The van der Waals surface area contributed by atoms with E-state index in [1.807, 2.05) is 23.5 Å². The van der Waals surface area contributed by atoms with Crippen LogP contribution in [0.25, 0.3) is 33.4 Å². The van der Waals surface area contributed by atoms with Gasteiger partial charge in [0.25, 0.3) is 0 Å². The van der Waals surface area contributed by atoms with E-state index < -0.39 is 10.8 Å². The van der Waals surface area contributed by atoms with Gasteiger partial charge in [-0.2, -0.15) is 0 Å². The van der Waals surface area contributed by atoms with Crippen molar-refractivity contribution in [3.63, 3.8) is 0 Å². The van der Waals surface area contributed by atoms with Crippen molar-refractivity contribution in [1.29, 1.82) is 0 Å². The smallest absolute Gasteiger partial charge is 0.0714 e. The van der Waals surface area contributed by atoms with Gasteiger partial charge < -0.3 is 19.3 Å². The Hall–Kier alpha value is -9.14. The predicted octanol–water partition coefficient (Wildman–Crippen LogP) is 22.4. The van der Waals surface area contributed by atoms with Gasteiger partial charge in [0.2, 0.25) is 0 Å². The van der Waals surface area contributed by atoms with E-state index in [2.05, 4.69) is 329 Å². The standard InChI is InChI=1S/C87H74N2O2S2/c1-5-84(55-90-56-84)59-92-74-47-37-66(38-48-74)86(64-33-25-60(3)26-34-64)80-23-15-13-21-76(80)78-51-45-72(53-82(78)86)88(68-17-9-7-10-18-68)70-41-29-62(30-42-70)63-31-43-71(44-32-63)89(69-19-11-8-12-20-69)73-46-52-79-77-22-14-16-24-81(77)87(83(79)54-73,65-35-27-61(4)28-36-65)67-39-49-75(50-40-67)93-85(6-2)57-91-58-85/h7-54H,5-6,55-59H2,1-4H3. The number of anilines is 6. The molecule has 0 saturated carbocycles. The number of thioether (sulfide) groups is 2. The molecule has 2 saturated heterocycles. The zero-order valence-corrected chi connectivity index (χ0v) is 54.8. The van der Waals surface area contributed by atoms with Crippen LogP contribution in [0.1, 0.15) is 82.3 Å². The largest absolute Gasteiger partial charge is 0.380 e. The molecule has 6 heteroatoms. The van der Waals surface area contributed by atoms with Crippen molar-refractivity contribution < 1.29 is 9.47 Å². The van der Waals surface area contributed by atoms with Gasteiger partial charge in [0, 0.05) is 55.1 Å². The lowest BCUT2D eigenvalue weighted by Gasteiger charge is -2.40. The van der Waals surface area contributed by atoms with E-state index >= 15 is 0 Å². The zero-order valence-electron chi connectivity index (χ0n) is 53.2. The van der Waals surface area contributed by atoms with E-state index in [-0.39, 0.29) is 10.2 Å². The van der Waals surface area contributed by atoms with Crippen molar-refractivity contribution in [2.24, 2.45) is 5.41 Å². The van der Waals surface area contributed by atoms with Gasteiger partial charge in [-0.25, -0.2) is 0 Å². The molecule has 2 unspecified atom stereocenters. The Balaban J connectivity index is 0.755. The van der Waals surface area contributed by atoms with Crippen LogP contribution in [0.2, 0.25) is 0 Å². The summed E-state index contributed by atoms with van der Waals surface area (Å²) in [6.45, 7) is 12.3. The number of fused-ring (bicyclic) bond motifs is 6. The molecule has 0 radical (unpaired) electrons. The van der Waals surface area contributed by atoms with Gasteiger partial charge in [-0.3, -0.25) is 0 Å². The van der Waals surface area contributed by atoms with Crippen molar-refractivity contribution in [2.45, 2.75) is 65.9 Å². The predicted molar refractivity (Wildman–Crippen MR) is 389 cm³/mol. The minimum atomic E-state index is -0.566. The topological polar surface area (TPSA) is 24.9 Å². The van der Waals surface area contributed by atoms with Crippen LogP contribution in [0.4, 0.5) is 34.1 Å². The summed E-state index contributed by atoms with van der Waals surface area (Å²) in [6, 6.07) is 110. The molecule has 0 aromatic heterocycles. The number of hydrogen-bond acceptors (Lipinski definition) is 6. The lowest BCUT2D eigenvalue weighted by atomic mass is 9.67. The van der Waals surface area contributed by atoms with E-state index in [1.165, 1.54) is 87.7 Å². The first kappa shape index (κ1) is 58.9. The Bertz CT molecular complexity index is 4670. The summed E-state index contributed by atoms with van der Waals surface area (Å²) >= 11 is 3.93. The van der Waals surface area contributed by atoms with Crippen molar-refractivity contribution in [2.75, 3.05) is 42.0 Å². The van der Waals surface area contributed by atoms with Crippen molar-refractivity contribution >= 4 is 57.6 Å². The average Bonchev–Trinajstić information content (AvgIpc) is 1.55. The van der Waals surface area contributed by atoms with Crippen molar-refractivity contribution in [3.05, 3.63) is 347 Å². The van der Waals surface area contributed by atoms with Crippen LogP contribution in [0.3, 0.4) is 0 Å². The first-order valence-corrected chi connectivity index (χ1v) is 34.7. The number of rotatable bonds is 18. The zero-order chi connectivity index (χ0) is 62.7. The fourth-order valence-corrected chi connectivity index (χ4v) is 17.5. The highest BCUT2D eigenvalue weighted by Gasteiger charge is 2.49. The highest BCUT2D eigenvalue weighted by Crippen LogP contribution is 2.60. The molecule has 2 atom stereocenters. The molecular formula is C87H74N2O2S2. The molecule has 2 aliphatic carbocycles. The Kier molecular flexibility index (Phi) is 15.3. The average molecular weight is 1240 g/mol. The van der Waals surface area contributed by atoms with E-state index in [1.54, 1.807) is 0 Å². The number of nitrogens with zero attached hydrogens (tertiary/aromatic N) is 2. The fraction of sp³-hybridized carbons (Fsp3) is 0.172. The monoisotopic (exact) mass is 1240 g/mol. The molecule has 4 aliphatic rings. The van der Waals surface area contributed by atoms with Gasteiger partial charge in [0.15, 0.2) is 0 Å². The Morgan fingerprint density at radius 2 is 0.699 bits per heavy atom. The third-order valence-electron chi connectivity index (χ3n) is 20.6. The van der Waals surface area contributed by atoms with Crippen molar-refractivity contribution in [3.8, 4) is 33.4 Å². The molecule has 12 aromatic rings. The molecule has 2 aliphatic heterocycles. The molecule has 0 N–H and O–H groups in total. The summed E-state index contributed by atoms with van der Waals surface area (Å²) in [5.74, 6) is 1.06. The molecule has 456 valence electrons. The highest BCUT2D eigenvalue weighted by atomic mass is 32.2. The summed E-state index contributed by atoms with van der Waals surface area (Å²) in [6.07, 6.45) is 2.22. The highest BCUT2D eigenvalue weighted by molar-refractivity contribution is 8.00. The molecule has 0 amide bonds. The molecule has 16 rings (SSSR count). The van der Waals surface area contributed by atoms with Crippen LogP contribution in [0, 0.1) is 19.3 Å². The second kappa shape index (κ2) is 24.1. The minimum Gasteiger partial charge on any atom is -0.380 e. The normalized spacial score (nSPS) is 17.7. The third-order valence-corrected chi connectivity index (χ3v) is 23.4. The van der Waals surface area contributed by atoms with Crippen LogP contribution >= 0.6 is 23.5 Å². The lowest BCUT2D eigenvalue weighted by molar-refractivity contribution is -0.0994. The van der Waals surface area contributed by atoms with Gasteiger partial charge in [-0.05, 0) is 202 Å². The van der Waals surface area contributed by atoms with E-state index in [0.717, 1.165) is 90.3 Å². The summed E-state index contributed by atoms with van der Waals surface area (Å²) < 4.78 is 11.6. The lowest BCUT2D eigenvalue weighted by Crippen LogP contribution is -2.45. The third kappa shape index (κ3) is 10.1. The molecule has 4 nitrogen and oxygen atoms in total. The van der Waals surface area contributed by atoms with E-state index in [0.29, 0.717) is 0 Å². The number of para-hydroxylation sites is 2. The Morgan fingerprint density at radius 1 is 0.333 bits per heavy atom. The van der Waals surface area contributed by atoms with Crippen LogP contribution in [0.5, 0.6) is 0 Å². The van der Waals surface area contributed by atoms with Crippen molar-refractivity contribution in [1.82, 2.24) is 0 Å². The van der Waals surface area contributed by atoms with Gasteiger partial charge in [-0.1, -0.05) is 219 Å². The second-order valence-electron chi connectivity index (χ2n) is 26.0. The second-order valence-corrected chi connectivity index (χ2v) is 28.6. The quantitative estimate of drug-likeness (QED) is 0.0794. The van der Waals surface area contributed by atoms with Gasteiger partial charge in [0.05, 0.1) is 42.0 Å². The summed E-state index contributed by atoms with van der Waals surface area (Å²) in [5, 5.41) is 0. The maximum Gasteiger partial charge on any atom is 0.0714 e. The maximum atomic E-state index is 5.75. The minimum absolute atomic E-state index is 0.140. The van der Waals surface area contributed by atoms with Gasteiger partial charge >= 0.3 is 0 Å². The summed E-state index contributed by atoms with van der Waals surface area (Å²) in [7, 11) is 0. The maximum absolute atomic E-state index is 5.75. The number of hydrogen-bond donors (Lipinski definition) is 0. The van der Waals surface area contributed by atoms with Crippen LogP contribution in [0.15, 0.2) is 301 Å². The molecule has 2 fully saturated rings. The SMILES string of the molecule is CCC1(CSc2ccc(C3(c4ccc(C)cc4)c4ccccc4-c4ccc(N(c5ccccc5)c5ccc(-c6ccc(N(c7ccccc7)c7ccc8c(c7)C(c7ccc(C)cc7)(c7ccc(SC9(CC)COC9)cc7)c7ccccc7-8)cc6)cc5)cc43)cc2)COC1. The Morgan fingerprint density at radius 3 is 1.09 bits per heavy atom. The first-order valence-electron chi connectivity index (χ1n) is 32.9. The van der Waals surface area contributed by atoms with Crippen LogP contribution in [-0.4, -0.2) is 36.9 Å². The molecule has 93 heavy (non-hydrogen) atoms. The molecular weight excluding hydrogens is 1170 g/mol. The molecule has 0 bridgehead atoms. The first-order chi connectivity index (χ1) is 45.7. The Labute approximate surface area is 557 Å². The number of benzene rings is 12. The fourth-order valence-electron chi connectivity index (χ4n) is 15.2. The van der Waals surface area contributed by atoms with Gasteiger partial charge in [-0.15, -0.1) is 23.5 Å². The van der Waals surface area contributed by atoms with Gasteiger partial charge in [0.1, 0.15) is 0 Å². The number of aryl methyl sites for hydroxylation is 2.